The van der Waals surface area contributed by atoms with Crippen LogP contribution in [-0.4, -0.2) is 53.4 Å². The molecular formula is C13H21N5O. The van der Waals surface area contributed by atoms with Crippen LogP contribution in [0.5, 0.6) is 0 Å². The monoisotopic (exact) mass is 263 g/mol. The van der Waals surface area contributed by atoms with E-state index in [-0.39, 0.29) is 5.91 Å². The Morgan fingerprint density at radius 1 is 1.32 bits per heavy atom. The van der Waals surface area contributed by atoms with Crippen LogP contribution in [0.4, 0.5) is 0 Å². The molecule has 0 bridgehead atoms. The maximum absolute atomic E-state index is 11.4. The number of hydrogen-bond acceptors (Lipinski definition) is 5. The van der Waals surface area contributed by atoms with Gasteiger partial charge in [0.25, 0.3) is 5.91 Å². The fourth-order valence-electron chi connectivity index (χ4n) is 2.26. The van der Waals surface area contributed by atoms with E-state index in [2.05, 4.69) is 27.1 Å². The van der Waals surface area contributed by atoms with Crippen LogP contribution in [0.1, 0.15) is 23.1 Å². The number of hydrazine groups is 1. The highest BCUT2D eigenvalue weighted by Crippen LogP contribution is 2.07. The zero-order chi connectivity index (χ0) is 13.7. The average molecular weight is 263 g/mol. The Balaban J connectivity index is 1.94. The van der Waals surface area contributed by atoms with Gasteiger partial charge in [-0.3, -0.25) is 15.1 Å². The highest BCUT2D eigenvalue weighted by molar-refractivity contribution is 5.91. The molecule has 0 radical (unpaired) electrons. The summed E-state index contributed by atoms with van der Waals surface area (Å²) in [7, 11) is 0. The van der Waals surface area contributed by atoms with Crippen LogP contribution < -0.4 is 11.3 Å². The molecule has 19 heavy (non-hydrogen) atoms. The van der Waals surface area contributed by atoms with Crippen LogP contribution in [0.2, 0.25) is 0 Å². The molecular weight excluding hydrogens is 242 g/mol. The van der Waals surface area contributed by atoms with E-state index in [0.29, 0.717) is 5.69 Å². The third kappa shape index (κ3) is 3.73. The quantitative estimate of drug-likeness (QED) is 0.448. The van der Waals surface area contributed by atoms with Gasteiger partial charge in [-0.2, -0.15) is 0 Å². The fraction of sp³-hybridized carbons (Fsp3) is 0.538. The van der Waals surface area contributed by atoms with Gasteiger partial charge in [0.15, 0.2) is 0 Å². The van der Waals surface area contributed by atoms with E-state index >= 15 is 0 Å². The normalized spacial score (nSPS) is 17.4. The van der Waals surface area contributed by atoms with Crippen LogP contribution in [0.15, 0.2) is 18.2 Å². The third-order valence-electron chi connectivity index (χ3n) is 3.47. The largest absolute Gasteiger partial charge is 0.301 e. The van der Waals surface area contributed by atoms with E-state index in [1.807, 2.05) is 12.1 Å². The lowest BCUT2D eigenvalue weighted by molar-refractivity contribution is 0.0947. The number of rotatable bonds is 4. The molecule has 1 aromatic heterocycles. The number of pyridine rings is 1. The number of hydrogen-bond donors (Lipinski definition) is 2. The van der Waals surface area contributed by atoms with Crippen molar-refractivity contribution in [2.24, 2.45) is 5.84 Å². The third-order valence-corrected chi connectivity index (χ3v) is 3.47. The van der Waals surface area contributed by atoms with E-state index in [9.17, 15) is 4.79 Å². The summed E-state index contributed by atoms with van der Waals surface area (Å²) in [4.78, 5) is 20.5. The molecule has 6 nitrogen and oxygen atoms in total. The zero-order valence-corrected chi connectivity index (χ0v) is 11.3. The number of piperazine rings is 1. The highest BCUT2D eigenvalue weighted by atomic mass is 16.2. The Bertz CT molecular complexity index is 429. The summed E-state index contributed by atoms with van der Waals surface area (Å²) in [6, 6.07) is 5.45. The van der Waals surface area contributed by atoms with Crippen molar-refractivity contribution in [2.45, 2.75) is 13.5 Å². The second-order valence-corrected chi connectivity index (χ2v) is 4.70. The number of likely N-dealkylation sites (N-methyl/N-ethyl adjacent to an activating group) is 1. The molecule has 2 rings (SSSR count). The zero-order valence-electron chi connectivity index (χ0n) is 11.3. The molecule has 1 saturated heterocycles. The molecule has 2 heterocycles. The van der Waals surface area contributed by atoms with Gasteiger partial charge in [0, 0.05) is 32.7 Å². The van der Waals surface area contributed by atoms with Crippen LogP contribution in [0.25, 0.3) is 0 Å². The van der Waals surface area contributed by atoms with Gasteiger partial charge in [-0.1, -0.05) is 13.0 Å². The number of nitrogens with two attached hydrogens (primary N) is 1. The van der Waals surface area contributed by atoms with Crippen molar-refractivity contribution in [2.75, 3.05) is 32.7 Å². The number of carbonyl (C=O) groups excluding carboxylic acids is 1. The number of nitrogens with one attached hydrogen (secondary N) is 1. The SMILES string of the molecule is CCN1CCN(Cc2cccc(C(=O)NN)n2)CC1. The molecule has 1 amide bonds. The minimum atomic E-state index is -0.349. The Kier molecular flexibility index (Phi) is 4.84. The van der Waals surface area contributed by atoms with Crippen molar-refractivity contribution in [1.29, 1.82) is 0 Å². The van der Waals surface area contributed by atoms with Gasteiger partial charge in [-0.15, -0.1) is 0 Å². The van der Waals surface area contributed by atoms with Crippen molar-refractivity contribution < 1.29 is 4.79 Å². The van der Waals surface area contributed by atoms with Crippen LogP contribution >= 0.6 is 0 Å². The molecule has 0 aromatic carbocycles. The van der Waals surface area contributed by atoms with Crippen molar-refractivity contribution in [3.63, 3.8) is 0 Å². The molecule has 6 heteroatoms. The molecule has 0 atom stereocenters. The van der Waals surface area contributed by atoms with Gasteiger partial charge in [-0.05, 0) is 18.7 Å². The minimum absolute atomic E-state index is 0.349. The number of nitrogens with zero attached hydrogens (tertiary/aromatic N) is 3. The Labute approximate surface area is 113 Å². The van der Waals surface area contributed by atoms with Crippen molar-refractivity contribution in [3.05, 3.63) is 29.6 Å². The van der Waals surface area contributed by atoms with Gasteiger partial charge in [0.2, 0.25) is 0 Å². The summed E-state index contributed by atoms with van der Waals surface area (Å²) in [5, 5.41) is 0. The summed E-state index contributed by atoms with van der Waals surface area (Å²) in [6.45, 7) is 8.36. The molecule has 0 unspecified atom stereocenters. The topological polar surface area (TPSA) is 74.5 Å². The molecule has 1 aromatic rings. The van der Waals surface area contributed by atoms with Crippen molar-refractivity contribution >= 4 is 5.91 Å². The standard InChI is InChI=1S/C13H21N5O/c1-2-17-6-8-18(9-7-17)10-11-4-3-5-12(15-11)13(19)16-14/h3-5H,2,6-10,14H2,1H3,(H,16,19). The molecule has 104 valence electrons. The molecule has 0 spiro atoms. The van der Waals surface area contributed by atoms with Gasteiger partial charge >= 0.3 is 0 Å². The first-order valence-electron chi connectivity index (χ1n) is 6.64. The molecule has 0 saturated carbocycles. The van der Waals surface area contributed by atoms with Gasteiger partial charge < -0.3 is 4.90 Å². The second kappa shape index (κ2) is 6.60. The van der Waals surface area contributed by atoms with Gasteiger partial charge in [-0.25, -0.2) is 10.8 Å². The first kappa shape index (κ1) is 13.9. The lowest BCUT2D eigenvalue weighted by Gasteiger charge is -2.33. The lowest BCUT2D eigenvalue weighted by atomic mass is 10.2. The van der Waals surface area contributed by atoms with E-state index in [0.717, 1.165) is 45.0 Å². The Morgan fingerprint density at radius 2 is 2.00 bits per heavy atom. The lowest BCUT2D eigenvalue weighted by Crippen LogP contribution is -2.45. The predicted octanol–water partition coefficient (Wildman–Crippen LogP) is -0.177. The summed E-state index contributed by atoms with van der Waals surface area (Å²) in [5.41, 5.74) is 3.38. The molecule has 1 fully saturated rings. The summed E-state index contributed by atoms with van der Waals surface area (Å²) in [5.74, 6) is 4.76. The van der Waals surface area contributed by atoms with Crippen LogP contribution in [0, 0.1) is 0 Å². The highest BCUT2D eigenvalue weighted by Gasteiger charge is 2.16. The first-order valence-corrected chi connectivity index (χ1v) is 6.64. The number of aromatic nitrogens is 1. The smallest absolute Gasteiger partial charge is 0.283 e. The van der Waals surface area contributed by atoms with E-state index in [4.69, 9.17) is 5.84 Å². The van der Waals surface area contributed by atoms with Crippen LogP contribution in [0.3, 0.4) is 0 Å². The van der Waals surface area contributed by atoms with E-state index in [1.54, 1.807) is 6.07 Å². The number of carbonyl (C=O) groups is 1. The summed E-state index contributed by atoms with van der Waals surface area (Å²) >= 11 is 0. The Morgan fingerprint density at radius 3 is 2.63 bits per heavy atom. The predicted molar refractivity (Wildman–Crippen MR) is 73.3 cm³/mol. The number of nitrogen functional groups attached to an aromatic ring is 1. The van der Waals surface area contributed by atoms with Gasteiger partial charge in [0.05, 0.1) is 5.69 Å². The first-order chi connectivity index (χ1) is 9.22. The maximum Gasteiger partial charge on any atom is 0.283 e. The fourth-order valence-corrected chi connectivity index (χ4v) is 2.26. The molecule has 0 aliphatic carbocycles. The summed E-state index contributed by atoms with van der Waals surface area (Å²) in [6.07, 6.45) is 0. The summed E-state index contributed by atoms with van der Waals surface area (Å²) < 4.78 is 0. The van der Waals surface area contributed by atoms with Crippen LogP contribution in [-0.2, 0) is 6.54 Å². The van der Waals surface area contributed by atoms with E-state index < -0.39 is 0 Å². The minimum Gasteiger partial charge on any atom is -0.301 e. The molecule has 1 aliphatic rings. The second-order valence-electron chi connectivity index (χ2n) is 4.70. The average Bonchev–Trinajstić information content (AvgIpc) is 2.47. The molecule has 3 N–H and O–H groups in total. The van der Waals surface area contributed by atoms with Crippen molar-refractivity contribution in [3.8, 4) is 0 Å². The number of amides is 1. The Hall–Kier alpha value is -1.50. The van der Waals surface area contributed by atoms with Gasteiger partial charge in [0.1, 0.15) is 5.69 Å². The van der Waals surface area contributed by atoms with E-state index in [1.165, 1.54) is 0 Å². The maximum atomic E-state index is 11.4. The van der Waals surface area contributed by atoms with Crippen molar-refractivity contribution in [1.82, 2.24) is 20.2 Å². The molecule has 1 aliphatic heterocycles.